The first-order valence-corrected chi connectivity index (χ1v) is 9.90. The van der Waals surface area contributed by atoms with Crippen molar-refractivity contribution in [3.63, 3.8) is 0 Å². The summed E-state index contributed by atoms with van der Waals surface area (Å²) < 4.78 is 11.0. The fraction of sp³-hybridized carbons (Fsp3) is 0.190. The Hall–Kier alpha value is -2.84. The monoisotopic (exact) mass is 429 g/mol. The maximum atomic E-state index is 13.0. The SMILES string of the molecule is COc1cc(/C=C2/SC(=S)N(c3ccc(C)cc3C)C2=O)ccc1OCC(=O)O. The van der Waals surface area contributed by atoms with E-state index in [1.165, 1.54) is 18.9 Å². The number of amides is 1. The van der Waals surface area contributed by atoms with E-state index in [0.717, 1.165) is 16.8 Å². The first-order chi connectivity index (χ1) is 13.8. The number of rotatable bonds is 6. The van der Waals surface area contributed by atoms with E-state index in [2.05, 4.69) is 0 Å². The molecule has 150 valence electrons. The zero-order valence-corrected chi connectivity index (χ0v) is 17.7. The summed E-state index contributed by atoms with van der Waals surface area (Å²) in [4.78, 5) is 25.7. The Morgan fingerprint density at radius 2 is 1.97 bits per heavy atom. The van der Waals surface area contributed by atoms with Crippen LogP contribution in [0.15, 0.2) is 41.3 Å². The lowest BCUT2D eigenvalue weighted by atomic mass is 10.1. The zero-order chi connectivity index (χ0) is 21.1. The Kier molecular flexibility index (Phi) is 6.24. The van der Waals surface area contributed by atoms with Gasteiger partial charge in [0.25, 0.3) is 5.91 Å². The summed E-state index contributed by atoms with van der Waals surface area (Å²) in [7, 11) is 1.46. The average Bonchev–Trinajstić information content (AvgIpc) is 2.94. The molecule has 1 fully saturated rings. The van der Waals surface area contributed by atoms with Crippen LogP contribution in [0.1, 0.15) is 16.7 Å². The number of benzene rings is 2. The molecule has 0 unspecified atom stereocenters. The summed E-state index contributed by atoms with van der Waals surface area (Å²) in [5.41, 5.74) is 3.58. The lowest BCUT2D eigenvalue weighted by Gasteiger charge is -2.17. The van der Waals surface area contributed by atoms with Crippen molar-refractivity contribution in [1.82, 2.24) is 0 Å². The van der Waals surface area contributed by atoms with Gasteiger partial charge in [-0.1, -0.05) is 47.7 Å². The fourth-order valence-corrected chi connectivity index (χ4v) is 4.20. The van der Waals surface area contributed by atoms with E-state index in [1.807, 2.05) is 32.0 Å². The van der Waals surface area contributed by atoms with Gasteiger partial charge in [0.1, 0.15) is 0 Å². The zero-order valence-electron chi connectivity index (χ0n) is 16.1. The van der Waals surface area contributed by atoms with Crippen LogP contribution in [0, 0.1) is 13.8 Å². The fourth-order valence-electron chi connectivity index (χ4n) is 2.92. The van der Waals surface area contributed by atoms with Crippen molar-refractivity contribution < 1.29 is 24.2 Å². The molecule has 0 spiro atoms. The van der Waals surface area contributed by atoms with Gasteiger partial charge < -0.3 is 14.6 Å². The summed E-state index contributed by atoms with van der Waals surface area (Å²) in [5, 5.41) is 8.76. The Balaban J connectivity index is 1.88. The molecule has 1 aliphatic heterocycles. The first kappa shape index (κ1) is 20.9. The van der Waals surface area contributed by atoms with Crippen LogP contribution >= 0.6 is 24.0 Å². The van der Waals surface area contributed by atoms with Crippen molar-refractivity contribution in [1.29, 1.82) is 0 Å². The molecule has 0 atom stereocenters. The van der Waals surface area contributed by atoms with E-state index in [0.29, 0.717) is 26.3 Å². The Morgan fingerprint density at radius 1 is 1.21 bits per heavy atom. The molecular weight excluding hydrogens is 410 g/mol. The van der Waals surface area contributed by atoms with Gasteiger partial charge in [-0.3, -0.25) is 9.69 Å². The topological polar surface area (TPSA) is 76.1 Å². The summed E-state index contributed by atoms with van der Waals surface area (Å²) in [6.07, 6.45) is 1.73. The van der Waals surface area contributed by atoms with Crippen LogP contribution in [0.25, 0.3) is 6.08 Å². The summed E-state index contributed by atoms with van der Waals surface area (Å²) in [6.45, 7) is 3.48. The molecule has 3 rings (SSSR count). The van der Waals surface area contributed by atoms with Gasteiger partial charge in [0.05, 0.1) is 17.7 Å². The van der Waals surface area contributed by atoms with E-state index < -0.39 is 12.6 Å². The number of hydrogen-bond donors (Lipinski definition) is 1. The maximum Gasteiger partial charge on any atom is 0.341 e. The van der Waals surface area contributed by atoms with Crippen LogP contribution in [-0.4, -0.2) is 35.0 Å². The second kappa shape index (κ2) is 8.67. The minimum atomic E-state index is -1.08. The van der Waals surface area contributed by atoms with Gasteiger partial charge in [0.15, 0.2) is 22.4 Å². The van der Waals surface area contributed by atoms with Gasteiger partial charge in [-0.05, 0) is 49.2 Å². The number of thioether (sulfide) groups is 1. The lowest BCUT2D eigenvalue weighted by molar-refractivity contribution is -0.139. The van der Waals surface area contributed by atoms with Crippen molar-refractivity contribution in [3.8, 4) is 11.5 Å². The molecule has 0 aromatic heterocycles. The number of carboxylic acid groups (broad SMARTS) is 1. The highest BCUT2D eigenvalue weighted by Crippen LogP contribution is 2.38. The normalized spacial score (nSPS) is 15.1. The third-order valence-corrected chi connectivity index (χ3v) is 5.53. The molecule has 1 aliphatic rings. The number of anilines is 1. The number of carboxylic acids is 1. The number of hydrogen-bond acceptors (Lipinski definition) is 6. The molecular formula is C21H19NO5S2. The van der Waals surface area contributed by atoms with E-state index in [9.17, 15) is 9.59 Å². The molecule has 0 radical (unpaired) electrons. The highest BCUT2D eigenvalue weighted by atomic mass is 32.2. The molecule has 8 heteroatoms. The number of thiocarbonyl (C=S) groups is 1. The number of carbonyl (C=O) groups excluding carboxylic acids is 1. The minimum Gasteiger partial charge on any atom is -0.493 e. The predicted octanol–water partition coefficient (Wildman–Crippen LogP) is 4.18. The molecule has 29 heavy (non-hydrogen) atoms. The third kappa shape index (κ3) is 4.60. The average molecular weight is 430 g/mol. The second-order valence-electron chi connectivity index (χ2n) is 6.40. The van der Waals surface area contributed by atoms with Crippen LogP contribution < -0.4 is 14.4 Å². The minimum absolute atomic E-state index is 0.183. The first-order valence-electron chi connectivity index (χ1n) is 8.68. The standard InChI is InChI=1S/C21H19NO5S2/c1-12-4-6-15(13(2)8-12)22-20(25)18(29-21(22)28)10-14-5-7-16(17(9-14)26-3)27-11-19(23)24/h4-10H,11H2,1-3H3,(H,23,24)/b18-10+. The van der Waals surface area contributed by atoms with Crippen LogP contribution in [0.3, 0.4) is 0 Å². The number of aliphatic carboxylic acids is 1. The molecule has 1 N–H and O–H groups in total. The molecule has 6 nitrogen and oxygen atoms in total. The van der Waals surface area contributed by atoms with Crippen molar-refractivity contribution >= 4 is 51.9 Å². The van der Waals surface area contributed by atoms with Gasteiger partial charge in [-0.15, -0.1) is 0 Å². The summed E-state index contributed by atoms with van der Waals surface area (Å²) >= 11 is 6.68. The highest BCUT2D eigenvalue weighted by Gasteiger charge is 2.34. The van der Waals surface area contributed by atoms with Crippen LogP contribution in [0.2, 0.25) is 0 Å². The molecule has 0 bridgehead atoms. The number of methoxy groups -OCH3 is 1. The van der Waals surface area contributed by atoms with Crippen molar-refractivity contribution in [3.05, 3.63) is 58.0 Å². The van der Waals surface area contributed by atoms with Crippen LogP contribution in [0.4, 0.5) is 5.69 Å². The Bertz CT molecular complexity index is 1030. The highest BCUT2D eigenvalue weighted by molar-refractivity contribution is 8.27. The number of nitrogens with zero attached hydrogens (tertiary/aromatic N) is 1. The van der Waals surface area contributed by atoms with E-state index in [-0.39, 0.29) is 5.91 Å². The predicted molar refractivity (Wildman–Crippen MR) is 118 cm³/mol. The van der Waals surface area contributed by atoms with Crippen LogP contribution in [0.5, 0.6) is 11.5 Å². The summed E-state index contributed by atoms with van der Waals surface area (Å²) in [6, 6.07) is 10.9. The molecule has 0 saturated carbocycles. The van der Waals surface area contributed by atoms with Gasteiger partial charge >= 0.3 is 5.97 Å². The molecule has 1 saturated heterocycles. The Labute approximate surface area is 178 Å². The molecule has 2 aromatic rings. The van der Waals surface area contributed by atoms with Crippen molar-refractivity contribution in [2.75, 3.05) is 18.6 Å². The number of carbonyl (C=O) groups is 2. The third-order valence-electron chi connectivity index (χ3n) is 4.22. The van der Waals surface area contributed by atoms with Gasteiger partial charge in [0.2, 0.25) is 0 Å². The molecule has 1 amide bonds. The number of aryl methyl sites for hydroxylation is 2. The van der Waals surface area contributed by atoms with E-state index in [1.54, 1.807) is 29.2 Å². The molecule has 0 aliphatic carbocycles. The Morgan fingerprint density at radius 3 is 2.62 bits per heavy atom. The van der Waals surface area contributed by atoms with E-state index in [4.69, 9.17) is 26.8 Å². The quantitative estimate of drug-likeness (QED) is 0.545. The van der Waals surface area contributed by atoms with Gasteiger partial charge in [-0.25, -0.2) is 4.79 Å². The smallest absolute Gasteiger partial charge is 0.341 e. The summed E-state index contributed by atoms with van der Waals surface area (Å²) in [5.74, 6) is -0.567. The van der Waals surface area contributed by atoms with Crippen molar-refractivity contribution in [2.24, 2.45) is 0 Å². The number of ether oxygens (including phenoxy) is 2. The second-order valence-corrected chi connectivity index (χ2v) is 8.08. The maximum absolute atomic E-state index is 13.0. The van der Waals surface area contributed by atoms with Crippen molar-refractivity contribution in [2.45, 2.75) is 13.8 Å². The largest absolute Gasteiger partial charge is 0.493 e. The molecule has 1 heterocycles. The molecule has 2 aromatic carbocycles. The van der Waals surface area contributed by atoms with E-state index >= 15 is 0 Å². The van der Waals surface area contributed by atoms with Gasteiger partial charge in [0, 0.05) is 0 Å². The lowest BCUT2D eigenvalue weighted by Crippen LogP contribution is -2.28. The van der Waals surface area contributed by atoms with Crippen LogP contribution in [-0.2, 0) is 9.59 Å². The van der Waals surface area contributed by atoms with Gasteiger partial charge in [-0.2, -0.15) is 0 Å².